The Morgan fingerprint density at radius 1 is 1.16 bits per heavy atom. The minimum absolute atomic E-state index is 0.168. The quantitative estimate of drug-likeness (QED) is 0.564. The van der Waals surface area contributed by atoms with Crippen LogP contribution >= 0.6 is 11.6 Å². The molecule has 0 bridgehead atoms. The second-order valence-corrected chi connectivity index (χ2v) is 11.1. The number of carbonyl (C=O) groups is 1. The summed E-state index contributed by atoms with van der Waals surface area (Å²) >= 11 is 6.16. The molecule has 3 aromatic rings. The first-order chi connectivity index (χ1) is 15.2. The Morgan fingerprint density at radius 3 is 2.53 bits per heavy atom. The smallest absolute Gasteiger partial charge is 0.287 e. The number of furan rings is 1. The first-order valence-electron chi connectivity index (χ1n) is 10.7. The summed E-state index contributed by atoms with van der Waals surface area (Å²) in [5, 5.41) is 4.01. The Hall–Kier alpha value is -2.35. The van der Waals surface area contributed by atoms with E-state index in [0.29, 0.717) is 46.5 Å². The number of halogens is 1. The molecule has 6 nitrogen and oxygen atoms in total. The molecule has 32 heavy (non-hydrogen) atoms. The maximum atomic E-state index is 13.3. The van der Waals surface area contributed by atoms with Crippen molar-refractivity contribution in [1.82, 2.24) is 9.62 Å². The number of nitrogens with zero attached hydrogens (tertiary/aromatic N) is 1. The van der Waals surface area contributed by atoms with Gasteiger partial charge in [-0.15, -0.1) is 0 Å². The highest BCUT2D eigenvalue weighted by Crippen LogP contribution is 2.31. The predicted octanol–water partition coefficient (Wildman–Crippen LogP) is 4.99. The Kier molecular flexibility index (Phi) is 6.34. The summed E-state index contributed by atoms with van der Waals surface area (Å²) in [4.78, 5) is 13.0. The third kappa shape index (κ3) is 4.42. The molecule has 2 aromatic carbocycles. The summed E-state index contributed by atoms with van der Waals surface area (Å²) in [6.45, 7) is 7.22. The van der Waals surface area contributed by atoms with E-state index in [-0.39, 0.29) is 23.1 Å². The molecule has 0 saturated carbocycles. The van der Waals surface area contributed by atoms with Gasteiger partial charge in [-0.3, -0.25) is 4.79 Å². The SMILES string of the molecule is Cc1c(C(=O)NCc2ccccc2Cl)oc2ccc(S(=O)(=O)N3C[C@H](C)C[C@H](C)C3)cc12. The van der Waals surface area contributed by atoms with Crippen molar-refractivity contribution in [3.05, 3.63) is 64.4 Å². The number of amides is 1. The highest BCUT2D eigenvalue weighted by atomic mass is 35.5. The molecule has 0 spiro atoms. The first kappa shape index (κ1) is 22.8. The molecule has 2 atom stereocenters. The lowest BCUT2D eigenvalue weighted by Gasteiger charge is -2.34. The van der Waals surface area contributed by atoms with E-state index in [9.17, 15) is 13.2 Å². The van der Waals surface area contributed by atoms with Crippen molar-refractivity contribution in [2.45, 2.75) is 38.6 Å². The molecule has 1 amide bonds. The Bertz CT molecular complexity index is 1260. The van der Waals surface area contributed by atoms with Crippen LogP contribution in [-0.4, -0.2) is 31.7 Å². The van der Waals surface area contributed by atoms with Gasteiger partial charge in [0.25, 0.3) is 5.91 Å². The van der Waals surface area contributed by atoms with E-state index in [1.807, 2.05) is 18.2 Å². The van der Waals surface area contributed by atoms with Crippen LogP contribution in [0, 0.1) is 18.8 Å². The highest BCUT2D eigenvalue weighted by molar-refractivity contribution is 7.89. The van der Waals surface area contributed by atoms with Crippen LogP contribution in [0.4, 0.5) is 0 Å². The maximum Gasteiger partial charge on any atom is 0.287 e. The zero-order valence-corrected chi connectivity index (χ0v) is 20.0. The second kappa shape index (κ2) is 8.89. The van der Waals surface area contributed by atoms with Gasteiger partial charge in [0.2, 0.25) is 10.0 Å². The average Bonchev–Trinajstić information content (AvgIpc) is 3.08. The van der Waals surface area contributed by atoms with Gasteiger partial charge in [0.1, 0.15) is 5.58 Å². The fraction of sp³-hybridized carbons (Fsp3) is 0.375. The Labute approximate surface area is 193 Å². The zero-order valence-electron chi connectivity index (χ0n) is 18.4. The van der Waals surface area contributed by atoms with Crippen LogP contribution in [0.3, 0.4) is 0 Å². The van der Waals surface area contributed by atoms with Crippen LogP contribution < -0.4 is 5.32 Å². The summed E-state index contributed by atoms with van der Waals surface area (Å²) in [5.74, 6) is 0.436. The van der Waals surface area contributed by atoms with Gasteiger partial charge in [-0.25, -0.2) is 8.42 Å². The van der Waals surface area contributed by atoms with Gasteiger partial charge in [-0.1, -0.05) is 43.6 Å². The molecule has 0 aliphatic carbocycles. The van der Waals surface area contributed by atoms with Crippen molar-refractivity contribution in [2.75, 3.05) is 13.1 Å². The minimum atomic E-state index is -3.62. The van der Waals surface area contributed by atoms with E-state index in [2.05, 4.69) is 19.2 Å². The monoisotopic (exact) mass is 474 g/mol. The standard InChI is InChI=1S/C24H27ClN2O4S/c1-15-10-16(2)14-27(13-15)32(29,30)19-8-9-22-20(11-19)17(3)23(31-22)24(28)26-12-18-6-4-5-7-21(18)25/h4-9,11,15-16H,10,12-14H2,1-3H3,(H,26,28)/t15-,16+. The van der Waals surface area contributed by atoms with Crippen LogP contribution in [0.1, 0.15) is 41.9 Å². The molecule has 1 aromatic heterocycles. The van der Waals surface area contributed by atoms with Crippen molar-refractivity contribution in [2.24, 2.45) is 11.8 Å². The van der Waals surface area contributed by atoms with Crippen LogP contribution in [0.5, 0.6) is 0 Å². The summed E-state index contributed by atoms with van der Waals surface area (Å²) in [7, 11) is -3.62. The van der Waals surface area contributed by atoms with Crippen molar-refractivity contribution in [3.8, 4) is 0 Å². The molecular formula is C24H27ClN2O4S. The number of fused-ring (bicyclic) bond motifs is 1. The molecule has 1 saturated heterocycles. The van der Waals surface area contributed by atoms with E-state index in [4.69, 9.17) is 16.0 Å². The number of carbonyl (C=O) groups excluding carboxylic acids is 1. The normalized spacial score (nSPS) is 19.9. The van der Waals surface area contributed by atoms with Gasteiger partial charge in [-0.2, -0.15) is 4.31 Å². The van der Waals surface area contributed by atoms with E-state index in [0.717, 1.165) is 12.0 Å². The molecule has 0 radical (unpaired) electrons. The number of piperidine rings is 1. The van der Waals surface area contributed by atoms with Crippen LogP contribution in [0.2, 0.25) is 5.02 Å². The summed E-state index contributed by atoms with van der Waals surface area (Å²) < 4.78 is 33.9. The number of sulfonamides is 1. The highest BCUT2D eigenvalue weighted by Gasteiger charge is 2.32. The molecule has 4 rings (SSSR count). The lowest BCUT2D eigenvalue weighted by atomic mass is 9.94. The van der Waals surface area contributed by atoms with Gasteiger partial charge in [-0.05, 0) is 55.0 Å². The number of rotatable bonds is 5. The molecule has 8 heteroatoms. The predicted molar refractivity (Wildman–Crippen MR) is 125 cm³/mol. The first-order valence-corrected chi connectivity index (χ1v) is 12.5. The molecular weight excluding hydrogens is 448 g/mol. The third-order valence-electron chi connectivity index (χ3n) is 5.98. The average molecular weight is 475 g/mol. The Balaban J connectivity index is 1.59. The topological polar surface area (TPSA) is 79.6 Å². The lowest BCUT2D eigenvalue weighted by Crippen LogP contribution is -2.42. The molecule has 170 valence electrons. The van der Waals surface area contributed by atoms with E-state index in [1.165, 1.54) is 0 Å². The van der Waals surface area contributed by atoms with Crippen LogP contribution in [-0.2, 0) is 16.6 Å². The van der Waals surface area contributed by atoms with Crippen LogP contribution in [0.25, 0.3) is 11.0 Å². The van der Waals surface area contributed by atoms with Gasteiger partial charge in [0.15, 0.2) is 5.76 Å². The van der Waals surface area contributed by atoms with Crippen LogP contribution in [0.15, 0.2) is 51.8 Å². The summed E-state index contributed by atoms with van der Waals surface area (Å²) in [5.41, 5.74) is 1.88. The van der Waals surface area contributed by atoms with E-state index in [1.54, 1.807) is 35.5 Å². The number of benzene rings is 2. The zero-order chi connectivity index (χ0) is 23.0. The fourth-order valence-electron chi connectivity index (χ4n) is 4.43. The van der Waals surface area contributed by atoms with Crippen molar-refractivity contribution >= 4 is 38.5 Å². The minimum Gasteiger partial charge on any atom is -0.451 e. The molecule has 1 fully saturated rings. The van der Waals surface area contributed by atoms with Gasteiger partial charge in [0, 0.05) is 35.6 Å². The summed E-state index contributed by atoms with van der Waals surface area (Å²) in [6, 6.07) is 12.1. The van der Waals surface area contributed by atoms with E-state index < -0.39 is 10.0 Å². The van der Waals surface area contributed by atoms with Crippen molar-refractivity contribution in [1.29, 1.82) is 0 Å². The third-order valence-corrected chi connectivity index (χ3v) is 8.18. The number of hydrogen-bond donors (Lipinski definition) is 1. The molecule has 1 aliphatic rings. The van der Waals surface area contributed by atoms with Gasteiger partial charge >= 0.3 is 0 Å². The lowest BCUT2D eigenvalue weighted by molar-refractivity contribution is 0.0924. The Morgan fingerprint density at radius 2 is 1.84 bits per heavy atom. The number of nitrogens with one attached hydrogen (secondary N) is 1. The molecule has 1 N–H and O–H groups in total. The number of hydrogen-bond acceptors (Lipinski definition) is 4. The summed E-state index contributed by atoms with van der Waals surface area (Å²) in [6.07, 6.45) is 1.03. The van der Waals surface area contributed by atoms with Gasteiger partial charge in [0.05, 0.1) is 4.90 Å². The van der Waals surface area contributed by atoms with Gasteiger partial charge < -0.3 is 9.73 Å². The molecule has 0 unspecified atom stereocenters. The fourth-order valence-corrected chi connectivity index (χ4v) is 6.33. The molecule has 1 aliphatic heterocycles. The van der Waals surface area contributed by atoms with Crippen molar-refractivity contribution in [3.63, 3.8) is 0 Å². The molecule has 2 heterocycles. The van der Waals surface area contributed by atoms with E-state index >= 15 is 0 Å². The maximum absolute atomic E-state index is 13.3. The second-order valence-electron chi connectivity index (χ2n) is 8.76. The largest absolute Gasteiger partial charge is 0.451 e. The van der Waals surface area contributed by atoms with Crippen molar-refractivity contribution < 1.29 is 17.6 Å². The number of aryl methyl sites for hydroxylation is 1.